The minimum Gasteiger partial charge on any atom is -0.497 e. The lowest BCUT2D eigenvalue weighted by Gasteiger charge is -2.08. The van der Waals surface area contributed by atoms with Crippen molar-refractivity contribution in [2.75, 3.05) is 17.7 Å². The van der Waals surface area contributed by atoms with Crippen LogP contribution >= 0.6 is 0 Å². The first-order valence-corrected chi connectivity index (χ1v) is 8.80. The first-order chi connectivity index (χ1) is 13.5. The number of methoxy groups -OCH3 is 1. The summed E-state index contributed by atoms with van der Waals surface area (Å²) in [7, 11) is 1.63. The third-order valence-corrected chi connectivity index (χ3v) is 4.21. The second-order valence-corrected chi connectivity index (χ2v) is 6.22. The van der Waals surface area contributed by atoms with Crippen LogP contribution < -0.4 is 15.4 Å². The number of hydrogen-bond donors (Lipinski definition) is 2. The summed E-state index contributed by atoms with van der Waals surface area (Å²) in [6, 6.07) is 18.0. The maximum absolute atomic E-state index is 12.3. The summed E-state index contributed by atoms with van der Waals surface area (Å²) < 4.78 is 5.14. The number of nitrogens with zero attached hydrogens (tertiary/aromatic N) is 1. The molecule has 0 bridgehead atoms. The molecule has 0 spiro atoms. The van der Waals surface area contributed by atoms with Gasteiger partial charge in [-0.15, -0.1) is 0 Å². The predicted octanol–water partition coefficient (Wildman–Crippen LogP) is 4.16. The number of hydrogen-bond acceptors (Lipinski definition) is 5. The molecule has 2 N–H and O–H groups in total. The number of aromatic nitrogens is 1. The zero-order valence-electron chi connectivity index (χ0n) is 15.7. The Kier molecular flexibility index (Phi) is 6.01. The molecule has 2 aromatic carbocycles. The lowest BCUT2D eigenvalue weighted by molar-refractivity contribution is 0.101. The molecule has 142 valence electrons. The number of rotatable bonds is 7. The van der Waals surface area contributed by atoms with Gasteiger partial charge in [0.15, 0.2) is 5.78 Å². The SMILES string of the molecule is COc1ccc(CNc2ccc(C(=O)Nc3ccc(C(C)=O)cc3)cn2)cc1. The smallest absolute Gasteiger partial charge is 0.257 e. The summed E-state index contributed by atoms with van der Waals surface area (Å²) in [6.07, 6.45) is 1.52. The molecule has 6 heteroatoms. The Bertz CT molecular complexity index is 950. The van der Waals surface area contributed by atoms with E-state index < -0.39 is 0 Å². The molecule has 1 heterocycles. The van der Waals surface area contributed by atoms with E-state index in [4.69, 9.17) is 4.74 Å². The zero-order valence-corrected chi connectivity index (χ0v) is 15.7. The fourth-order valence-corrected chi connectivity index (χ4v) is 2.56. The topological polar surface area (TPSA) is 80.3 Å². The van der Waals surface area contributed by atoms with Crippen LogP contribution in [0.15, 0.2) is 66.9 Å². The highest BCUT2D eigenvalue weighted by Gasteiger charge is 2.07. The number of anilines is 2. The number of amides is 1. The number of Topliss-reactive ketones (excluding diaryl/α,β-unsaturated/α-hetero) is 1. The van der Waals surface area contributed by atoms with Crippen molar-refractivity contribution in [1.82, 2.24) is 4.98 Å². The number of pyridine rings is 1. The van der Waals surface area contributed by atoms with Crippen LogP contribution in [-0.2, 0) is 6.54 Å². The van der Waals surface area contributed by atoms with E-state index in [0.29, 0.717) is 29.2 Å². The standard InChI is InChI=1S/C22H21N3O3/c1-15(26)17-5-8-19(9-6-17)25-22(27)18-7-12-21(24-14-18)23-13-16-3-10-20(28-2)11-4-16/h3-12,14H,13H2,1-2H3,(H,23,24)(H,25,27). The van der Waals surface area contributed by atoms with Crippen molar-refractivity contribution < 1.29 is 14.3 Å². The Morgan fingerprint density at radius 1 is 0.929 bits per heavy atom. The minimum absolute atomic E-state index is 0.0141. The molecule has 1 aromatic heterocycles. The molecule has 0 aliphatic heterocycles. The number of carbonyl (C=O) groups excluding carboxylic acids is 2. The molecular formula is C22H21N3O3. The van der Waals surface area contributed by atoms with Crippen LogP contribution in [0.25, 0.3) is 0 Å². The fraction of sp³-hybridized carbons (Fsp3) is 0.136. The van der Waals surface area contributed by atoms with Crippen LogP contribution in [0.5, 0.6) is 5.75 Å². The lowest BCUT2D eigenvalue weighted by atomic mass is 10.1. The van der Waals surface area contributed by atoms with Crippen molar-refractivity contribution in [1.29, 1.82) is 0 Å². The average Bonchev–Trinajstić information content (AvgIpc) is 2.73. The largest absolute Gasteiger partial charge is 0.497 e. The molecular weight excluding hydrogens is 354 g/mol. The molecule has 3 rings (SSSR count). The molecule has 0 unspecified atom stereocenters. The van der Waals surface area contributed by atoms with E-state index in [1.54, 1.807) is 43.5 Å². The van der Waals surface area contributed by atoms with Crippen molar-refractivity contribution in [3.05, 3.63) is 83.6 Å². The second-order valence-electron chi connectivity index (χ2n) is 6.22. The minimum atomic E-state index is -0.259. The van der Waals surface area contributed by atoms with Gasteiger partial charge in [0.25, 0.3) is 5.91 Å². The highest BCUT2D eigenvalue weighted by molar-refractivity contribution is 6.04. The van der Waals surface area contributed by atoms with Crippen LogP contribution in [0.2, 0.25) is 0 Å². The number of nitrogens with one attached hydrogen (secondary N) is 2. The maximum atomic E-state index is 12.3. The second kappa shape index (κ2) is 8.81. The molecule has 0 aliphatic carbocycles. The predicted molar refractivity (Wildman–Crippen MR) is 109 cm³/mol. The monoisotopic (exact) mass is 375 g/mol. The number of carbonyl (C=O) groups is 2. The maximum Gasteiger partial charge on any atom is 0.257 e. The van der Waals surface area contributed by atoms with Crippen molar-refractivity contribution in [2.24, 2.45) is 0 Å². The van der Waals surface area contributed by atoms with E-state index in [2.05, 4.69) is 15.6 Å². The van der Waals surface area contributed by atoms with Gasteiger partial charge in [0, 0.05) is 24.0 Å². The van der Waals surface area contributed by atoms with Crippen molar-refractivity contribution >= 4 is 23.2 Å². The molecule has 1 amide bonds. The van der Waals surface area contributed by atoms with Gasteiger partial charge in [-0.3, -0.25) is 9.59 Å². The number of ketones is 1. The van der Waals surface area contributed by atoms with Gasteiger partial charge in [0.05, 0.1) is 12.7 Å². The summed E-state index contributed by atoms with van der Waals surface area (Å²) in [5.74, 6) is 1.22. The van der Waals surface area contributed by atoms with Crippen molar-refractivity contribution in [3.63, 3.8) is 0 Å². The quantitative estimate of drug-likeness (QED) is 0.606. The fourth-order valence-electron chi connectivity index (χ4n) is 2.56. The van der Waals surface area contributed by atoms with Gasteiger partial charge in [-0.05, 0) is 61.0 Å². The summed E-state index contributed by atoms with van der Waals surface area (Å²) in [5.41, 5.74) is 2.77. The number of benzene rings is 2. The highest BCUT2D eigenvalue weighted by Crippen LogP contribution is 2.14. The highest BCUT2D eigenvalue weighted by atomic mass is 16.5. The van der Waals surface area contributed by atoms with Crippen LogP contribution in [0.4, 0.5) is 11.5 Å². The molecule has 3 aromatic rings. The van der Waals surface area contributed by atoms with E-state index in [1.807, 2.05) is 24.3 Å². The van der Waals surface area contributed by atoms with Crippen LogP contribution in [-0.4, -0.2) is 23.8 Å². The van der Waals surface area contributed by atoms with Gasteiger partial charge in [0.2, 0.25) is 0 Å². The molecule has 6 nitrogen and oxygen atoms in total. The average molecular weight is 375 g/mol. The van der Waals surface area contributed by atoms with Gasteiger partial charge in [-0.25, -0.2) is 4.98 Å². The van der Waals surface area contributed by atoms with E-state index in [1.165, 1.54) is 13.1 Å². The van der Waals surface area contributed by atoms with Crippen LogP contribution in [0.1, 0.15) is 33.2 Å². The molecule has 0 atom stereocenters. The first kappa shape index (κ1) is 19.1. The summed E-state index contributed by atoms with van der Waals surface area (Å²) in [4.78, 5) is 27.9. The normalized spacial score (nSPS) is 10.2. The summed E-state index contributed by atoms with van der Waals surface area (Å²) >= 11 is 0. The van der Waals surface area contributed by atoms with E-state index in [-0.39, 0.29) is 11.7 Å². The Hall–Kier alpha value is -3.67. The third kappa shape index (κ3) is 4.94. The van der Waals surface area contributed by atoms with Gasteiger partial charge in [-0.2, -0.15) is 0 Å². The molecule has 0 saturated carbocycles. The molecule has 0 radical (unpaired) electrons. The Morgan fingerprint density at radius 3 is 2.18 bits per heavy atom. The summed E-state index contributed by atoms with van der Waals surface area (Å²) in [5, 5.41) is 6.01. The Labute approximate surface area is 163 Å². The van der Waals surface area contributed by atoms with Crippen molar-refractivity contribution in [3.8, 4) is 5.75 Å². The van der Waals surface area contributed by atoms with Crippen LogP contribution in [0, 0.1) is 0 Å². The zero-order chi connectivity index (χ0) is 19.9. The van der Waals surface area contributed by atoms with Gasteiger partial charge in [0.1, 0.15) is 11.6 Å². The van der Waals surface area contributed by atoms with Gasteiger partial charge in [-0.1, -0.05) is 12.1 Å². The van der Waals surface area contributed by atoms with Gasteiger partial charge >= 0.3 is 0 Å². The molecule has 0 aliphatic rings. The third-order valence-electron chi connectivity index (χ3n) is 4.21. The van der Waals surface area contributed by atoms with Crippen LogP contribution in [0.3, 0.4) is 0 Å². The van der Waals surface area contributed by atoms with Gasteiger partial charge < -0.3 is 15.4 Å². The van der Waals surface area contributed by atoms with Crippen molar-refractivity contribution in [2.45, 2.75) is 13.5 Å². The van der Waals surface area contributed by atoms with E-state index in [0.717, 1.165) is 11.3 Å². The molecule has 28 heavy (non-hydrogen) atoms. The summed E-state index contributed by atoms with van der Waals surface area (Å²) in [6.45, 7) is 2.12. The number of ether oxygens (including phenoxy) is 1. The molecule has 0 saturated heterocycles. The Morgan fingerprint density at radius 2 is 1.61 bits per heavy atom. The lowest BCUT2D eigenvalue weighted by Crippen LogP contribution is -2.12. The molecule has 0 fully saturated rings. The first-order valence-electron chi connectivity index (χ1n) is 8.80. The Balaban J connectivity index is 1.56. The van der Waals surface area contributed by atoms with E-state index in [9.17, 15) is 9.59 Å². The van der Waals surface area contributed by atoms with E-state index >= 15 is 0 Å².